The maximum Gasteiger partial charge on any atom is 0.258 e. The number of nitrogens with one attached hydrogen (secondary N) is 1. The Balaban J connectivity index is 1.55. The van der Waals surface area contributed by atoms with Gasteiger partial charge in [0.15, 0.2) is 18.1 Å². The second-order valence-corrected chi connectivity index (χ2v) is 6.67. The summed E-state index contributed by atoms with van der Waals surface area (Å²) in [7, 11) is 1.58. The summed E-state index contributed by atoms with van der Waals surface area (Å²) in [4.78, 5) is 16.6. The molecule has 0 atom stereocenters. The quantitative estimate of drug-likeness (QED) is 0.684. The first-order valence-electron chi connectivity index (χ1n) is 8.24. The number of carbonyl (C=O) groups is 1. The van der Waals surface area contributed by atoms with Gasteiger partial charge in [-0.25, -0.2) is 4.98 Å². The van der Waals surface area contributed by atoms with Crippen molar-refractivity contribution < 1.29 is 14.3 Å². The van der Waals surface area contributed by atoms with Crippen LogP contribution in [0.5, 0.6) is 11.5 Å². The highest BCUT2D eigenvalue weighted by Crippen LogP contribution is 2.28. The van der Waals surface area contributed by atoms with Crippen LogP contribution >= 0.6 is 11.3 Å². The highest BCUT2D eigenvalue weighted by atomic mass is 32.1. The molecule has 134 valence electrons. The van der Waals surface area contributed by atoms with E-state index in [0.29, 0.717) is 18.0 Å². The molecule has 0 aliphatic rings. The zero-order chi connectivity index (χ0) is 18.4. The molecule has 1 heterocycles. The fourth-order valence-corrected chi connectivity index (χ4v) is 3.37. The van der Waals surface area contributed by atoms with E-state index in [4.69, 9.17) is 9.47 Å². The zero-order valence-corrected chi connectivity index (χ0v) is 15.5. The summed E-state index contributed by atoms with van der Waals surface area (Å²) < 4.78 is 12.0. The molecule has 0 unspecified atom stereocenters. The van der Waals surface area contributed by atoms with Crippen molar-refractivity contribution >= 4 is 33.5 Å². The number of fused-ring (bicyclic) bond motifs is 1. The van der Waals surface area contributed by atoms with E-state index in [9.17, 15) is 4.79 Å². The predicted molar refractivity (Wildman–Crippen MR) is 105 cm³/mol. The second-order valence-electron chi connectivity index (χ2n) is 5.55. The summed E-state index contributed by atoms with van der Waals surface area (Å²) in [6.07, 6.45) is 3.92. The lowest BCUT2D eigenvalue weighted by molar-refractivity contribution is -0.123. The van der Waals surface area contributed by atoms with Gasteiger partial charge in [-0.05, 0) is 36.8 Å². The van der Waals surface area contributed by atoms with E-state index in [2.05, 4.69) is 10.3 Å². The molecule has 1 N–H and O–H groups in total. The SMILES string of the molecule is C/C=C/c1ccc(OCC(=O)NCc2nc3ccccc3s2)c(OC)c1. The van der Waals surface area contributed by atoms with Gasteiger partial charge in [0.05, 0.1) is 23.9 Å². The van der Waals surface area contributed by atoms with Gasteiger partial charge in [-0.1, -0.05) is 30.4 Å². The van der Waals surface area contributed by atoms with Crippen molar-refractivity contribution in [2.75, 3.05) is 13.7 Å². The third-order valence-electron chi connectivity index (χ3n) is 3.68. The summed E-state index contributed by atoms with van der Waals surface area (Å²) in [5, 5.41) is 3.70. The van der Waals surface area contributed by atoms with Crippen LogP contribution in [0.25, 0.3) is 16.3 Å². The zero-order valence-electron chi connectivity index (χ0n) is 14.7. The molecule has 6 heteroatoms. The Morgan fingerprint density at radius 1 is 1.23 bits per heavy atom. The Morgan fingerprint density at radius 3 is 2.85 bits per heavy atom. The fraction of sp³-hybridized carbons (Fsp3) is 0.200. The average molecular weight is 368 g/mol. The molecular formula is C20H20N2O3S. The van der Waals surface area contributed by atoms with Crippen molar-refractivity contribution in [3.05, 3.63) is 59.1 Å². The third-order valence-corrected chi connectivity index (χ3v) is 4.72. The van der Waals surface area contributed by atoms with E-state index in [1.54, 1.807) is 24.5 Å². The monoisotopic (exact) mass is 368 g/mol. The summed E-state index contributed by atoms with van der Waals surface area (Å²) in [5.41, 5.74) is 1.96. The van der Waals surface area contributed by atoms with Gasteiger partial charge in [0.2, 0.25) is 0 Å². The Morgan fingerprint density at radius 2 is 2.08 bits per heavy atom. The van der Waals surface area contributed by atoms with E-state index in [0.717, 1.165) is 20.8 Å². The summed E-state index contributed by atoms with van der Waals surface area (Å²) >= 11 is 1.57. The van der Waals surface area contributed by atoms with Gasteiger partial charge < -0.3 is 14.8 Å². The number of thiazole rings is 1. The molecule has 0 bridgehead atoms. The molecule has 2 aromatic carbocycles. The number of hydrogen-bond donors (Lipinski definition) is 1. The number of carbonyl (C=O) groups excluding carboxylic acids is 1. The molecule has 0 saturated heterocycles. The number of benzene rings is 2. The molecular weight excluding hydrogens is 348 g/mol. The molecule has 0 saturated carbocycles. The van der Waals surface area contributed by atoms with Crippen LogP contribution in [0.4, 0.5) is 0 Å². The van der Waals surface area contributed by atoms with Crippen LogP contribution in [0.1, 0.15) is 17.5 Å². The van der Waals surface area contributed by atoms with Crippen LogP contribution in [0, 0.1) is 0 Å². The normalized spacial score (nSPS) is 11.0. The van der Waals surface area contributed by atoms with Gasteiger partial charge in [-0.15, -0.1) is 11.3 Å². The van der Waals surface area contributed by atoms with Crippen molar-refractivity contribution in [3.8, 4) is 11.5 Å². The van der Waals surface area contributed by atoms with Crippen molar-refractivity contribution in [1.29, 1.82) is 0 Å². The van der Waals surface area contributed by atoms with Gasteiger partial charge in [-0.2, -0.15) is 0 Å². The lowest BCUT2D eigenvalue weighted by Gasteiger charge is -2.11. The van der Waals surface area contributed by atoms with Gasteiger partial charge in [0.25, 0.3) is 5.91 Å². The summed E-state index contributed by atoms with van der Waals surface area (Å²) in [6, 6.07) is 13.5. The number of nitrogens with zero attached hydrogens (tertiary/aromatic N) is 1. The van der Waals surface area contributed by atoms with Crippen LogP contribution in [0.3, 0.4) is 0 Å². The van der Waals surface area contributed by atoms with E-state index >= 15 is 0 Å². The topological polar surface area (TPSA) is 60.5 Å². The molecule has 1 aromatic heterocycles. The highest BCUT2D eigenvalue weighted by molar-refractivity contribution is 7.18. The van der Waals surface area contributed by atoms with Gasteiger partial charge >= 0.3 is 0 Å². The highest BCUT2D eigenvalue weighted by Gasteiger charge is 2.09. The molecule has 0 radical (unpaired) electrons. The molecule has 5 nitrogen and oxygen atoms in total. The number of aromatic nitrogens is 1. The van der Waals surface area contributed by atoms with Crippen molar-refractivity contribution in [2.24, 2.45) is 0 Å². The van der Waals surface area contributed by atoms with Gasteiger partial charge in [0, 0.05) is 0 Å². The number of hydrogen-bond acceptors (Lipinski definition) is 5. The molecule has 1 amide bonds. The van der Waals surface area contributed by atoms with Crippen LogP contribution < -0.4 is 14.8 Å². The minimum absolute atomic E-state index is 0.0791. The predicted octanol–water partition coefficient (Wildman–Crippen LogP) is 4.03. The number of para-hydroxylation sites is 1. The number of ether oxygens (including phenoxy) is 2. The largest absolute Gasteiger partial charge is 0.493 e. The molecule has 3 rings (SSSR count). The maximum absolute atomic E-state index is 12.1. The first kappa shape index (κ1) is 17.9. The third kappa shape index (κ3) is 4.40. The Hall–Kier alpha value is -2.86. The van der Waals surface area contributed by atoms with Crippen molar-refractivity contribution in [1.82, 2.24) is 10.3 Å². The first-order valence-corrected chi connectivity index (χ1v) is 9.06. The standard InChI is InChI=1S/C20H20N2O3S/c1-3-6-14-9-10-16(17(11-14)24-2)25-13-19(23)21-12-20-22-15-7-4-5-8-18(15)26-20/h3-11H,12-13H2,1-2H3,(H,21,23)/b6-3+. The number of amides is 1. The Kier molecular flexibility index (Phi) is 5.86. The fourth-order valence-electron chi connectivity index (χ4n) is 2.46. The minimum atomic E-state index is -0.205. The van der Waals surface area contributed by atoms with Gasteiger partial charge in [-0.3, -0.25) is 4.79 Å². The van der Waals surface area contributed by atoms with Crippen molar-refractivity contribution in [2.45, 2.75) is 13.5 Å². The number of rotatable bonds is 7. The Labute approximate surface area is 156 Å². The van der Waals surface area contributed by atoms with Crippen LogP contribution in [-0.4, -0.2) is 24.6 Å². The molecule has 0 fully saturated rings. The van der Waals surface area contributed by atoms with Crippen LogP contribution in [-0.2, 0) is 11.3 Å². The first-order chi connectivity index (χ1) is 12.7. The lowest BCUT2D eigenvalue weighted by atomic mass is 10.2. The van der Waals surface area contributed by atoms with E-state index in [-0.39, 0.29) is 12.5 Å². The van der Waals surface area contributed by atoms with Gasteiger partial charge in [0.1, 0.15) is 5.01 Å². The van der Waals surface area contributed by atoms with Crippen molar-refractivity contribution in [3.63, 3.8) is 0 Å². The molecule has 0 aliphatic carbocycles. The smallest absolute Gasteiger partial charge is 0.258 e. The maximum atomic E-state index is 12.1. The number of methoxy groups -OCH3 is 1. The molecule has 0 aliphatic heterocycles. The summed E-state index contributed by atoms with van der Waals surface area (Å²) in [6.45, 7) is 2.26. The van der Waals surface area contributed by atoms with Crippen LogP contribution in [0.15, 0.2) is 48.5 Å². The Bertz CT molecular complexity index is 901. The molecule has 3 aromatic rings. The van der Waals surface area contributed by atoms with Crippen LogP contribution in [0.2, 0.25) is 0 Å². The van der Waals surface area contributed by atoms with E-state index in [1.807, 2.05) is 55.5 Å². The lowest BCUT2D eigenvalue weighted by Crippen LogP contribution is -2.28. The minimum Gasteiger partial charge on any atom is -0.493 e. The van der Waals surface area contributed by atoms with E-state index in [1.165, 1.54) is 0 Å². The van der Waals surface area contributed by atoms with E-state index < -0.39 is 0 Å². The average Bonchev–Trinajstić information content (AvgIpc) is 3.08. The second kappa shape index (κ2) is 8.49. The summed E-state index contributed by atoms with van der Waals surface area (Å²) in [5.74, 6) is 0.930. The number of allylic oxidation sites excluding steroid dienone is 1. The molecule has 0 spiro atoms. The molecule has 26 heavy (non-hydrogen) atoms.